The molecule has 0 rings (SSSR count). The molecule has 0 bridgehead atoms. The summed E-state index contributed by atoms with van der Waals surface area (Å²) in [5, 5.41) is 13.6. The first-order chi connectivity index (χ1) is 7.91. The molecule has 0 aliphatic carbocycles. The molecule has 7 nitrogen and oxygen atoms in total. The molecule has 0 fully saturated rings. The third-order valence-corrected chi connectivity index (χ3v) is 3.08. The van der Waals surface area contributed by atoms with Gasteiger partial charge >= 0.3 is 12.0 Å². The van der Waals surface area contributed by atoms with Crippen molar-refractivity contribution in [1.82, 2.24) is 10.6 Å². The van der Waals surface area contributed by atoms with E-state index < -0.39 is 33.4 Å². The quantitative estimate of drug-likeness (QED) is 0.632. The first-order valence-electron chi connectivity index (χ1n) is 5.39. The standard InChI is InChI=1S/C10H20N2O5S/c1-7(6-18(4,16)17)11-9(15)12-10(2,3)5-8(13)14/h7H,5-6H2,1-4H3,(H,13,14)(H2,11,12,15). The topological polar surface area (TPSA) is 113 Å². The number of carboxylic acid groups (broad SMARTS) is 1. The van der Waals surface area contributed by atoms with Gasteiger partial charge in [-0.05, 0) is 20.8 Å². The van der Waals surface area contributed by atoms with Gasteiger partial charge in [0.2, 0.25) is 0 Å². The van der Waals surface area contributed by atoms with Gasteiger partial charge in [0.25, 0.3) is 0 Å². The minimum absolute atomic E-state index is 0.167. The predicted molar refractivity (Wildman–Crippen MR) is 67.2 cm³/mol. The van der Waals surface area contributed by atoms with E-state index in [1.54, 1.807) is 20.8 Å². The van der Waals surface area contributed by atoms with Crippen LogP contribution in [0.2, 0.25) is 0 Å². The third kappa shape index (κ3) is 8.80. The van der Waals surface area contributed by atoms with E-state index in [-0.39, 0.29) is 12.2 Å². The van der Waals surface area contributed by atoms with Gasteiger partial charge in [0.1, 0.15) is 9.84 Å². The summed E-state index contributed by atoms with van der Waals surface area (Å²) in [7, 11) is -3.17. The lowest BCUT2D eigenvalue weighted by atomic mass is 10.0. The van der Waals surface area contributed by atoms with Crippen LogP contribution in [0.15, 0.2) is 0 Å². The summed E-state index contributed by atoms with van der Waals surface area (Å²) in [5.41, 5.74) is -0.902. The Hall–Kier alpha value is -1.31. The van der Waals surface area contributed by atoms with E-state index in [1.807, 2.05) is 0 Å². The van der Waals surface area contributed by atoms with Crippen LogP contribution in [0.3, 0.4) is 0 Å². The Labute approximate surface area is 107 Å². The molecule has 0 saturated heterocycles. The van der Waals surface area contributed by atoms with Crippen LogP contribution in [0.4, 0.5) is 4.79 Å². The lowest BCUT2D eigenvalue weighted by Gasteiger charge is -2.25. The summed E-state index contributed by atoms with van der Waals surface area (Å²) < 4.78 is 22.0. The van der Waals surface area contributed by atoms with Crippen LogP contribution < -0.4 is 10.6 Å². The molecule has 0 aromatic heterocycles. The second kappa shape index (κ2) is 6.03. The average molecular weight is 280 g/mol. The van der Waals surface area contributed by atoms with Crippen LogP contribution in [0.1, 0.15) is 27.2 Å². The minimum atomic E-state index is -3.17. The molecule has 0 aliphatic rings. The summed E-state index contributed by atoms with van der Waals surface area (Å²) >= 11 is 0. The van der Waals surface area contributed by atoms with Crippen LogP contribution in [-0.4, -0.2) is 49.1 Å². The van der Waals surface area contributed by atoms with Gasteiger partial charge < -0.3 is 15.7 Å². The van der Waals surface area contributed by atoms with Gasteiger partial charge in [0.15, 0.2) is 0 Å². The number of hydrogen-bond donors (Lipinski definition) is 3. The van der Waals surface area contributed by atoms with Crippen LogP contribution in [-0.2, 0) is 14.6 Å². The maximum atomic E-state index is 11.5. The number of amides is 2. The van der Waals surface area contributed by atoms with E-state index in [0.29, 0.717) is 0 Å². The van der Waals surface area contributed by atoms with E-state index in [9.17, 15) is 18.0 Å². The molecule has 106 valence electrons. The normalized spacial score (nSPS) is 13.8. The summed E-state index contributed by atoms with van der Waals surface area (Å²) in [5.74, 6) is -1.19. The molecular formula is C10H20N2O5S. The molecular weight excluding hydrogens is 260 g/mol. The number of rotatable bonds is 6. The fourth-order valence-corrected chi connectivity index (χ4v) is 2.48. The van der Waals surface area contributed by atoms with E-state index in [2.05, 4.69) is 10.6 Å². The van der Waals surface area contributed by atoms with Crippen LogP contribution in [0.25, 0.3) is 0 Å². The van der Waals surface area contributed by atoms with Gasteiger partial charge in [-0.15, -0.1) is 0 Å². The molecule has 1 unspecified atom stereocenters. The van der Waals surface area contributed by atoms with Gasteiger partial charge in [-0.3, -0.25) is 4.79 Å². The molecule has 3 N–H and O–H groups in total. The van der Waals surface area contributed by atoms with E-state index in [4.69, 9.17) is 5.11 Å². The molecule has 0 aromatic carbocycles. The fraction of sp³-hybridized carbons (Fsp3) is 0.800. The van der Waals surface area contributed by atoms with Gasteiger partial charge in [-0.1, -0.05) is 0 Å². The van der Waals surface area contributed by atoms with Crippen molar-refractivity contribution in [3.05, 3.63) is 0 Å². The molecule has 0 aliphatic heterocycles. The van der Waals surface area contributed by atoms with Crippen molar-refractivity contribution in [2.75, 3.05) is 12.0 Å². The van der Waals surface area contributed by atoms with E-state index in [1.165, 1.54) is 0 Å². The van der Waals surface area contributed by atoms with E-state index in [0.717, 1.165) is 6.26 Å². The Morgan fingerprint density at radius 2 is 1.83 bits per heavy atom. The number of hydrogen-bond acceptors (Lipinski definition) is 4. The molecule has 1 atom stereocenters. The number of sulfone groups is 1. The van der Waals surface area contributed by atoms with E-state index >= 15 is 0 Å². The van der Waals surface area contributed by atoms with Crippen molar-refractivity contribution in [2.45, 2.75) is 38.8 Å². The smallest absolute Gasteiger partial charge is 0.315 e. The summed E-state index contributed by atoms with van der Waals surface area (Å²) in [6.45, 7) is 4.70. The Morgan fingerprint density at radius 3 is 2.22 bits per heavy atom. The number of carbonyl (C=O) groups excluding carboxylic acids is 1. The summed E-state index contributed by atoms with van der Waals surface area (Å²) in [6.07, 6.45) is 0.859. The second-order valence-electron chi connectivity index (χ2n) is 5.05. The van der Waals surface area contributed by atoms with Gasteiger partial charge in [-0.25, -0.2) is 13.2 Å². The number of carbonyl (C=O) groups is 2. The molecule has 0 spiro atoms. The average Bonchev–Trinajstić information content (AvgIpc) is 1.92. The molecule has 8 heteroatoms. The molecule has 0 radical (unpaired) electrons. The molecule has 18 heavy (non-hydrogen) atoms. The van der Waals surface area contributed by atoms with Gasteiger partial charge in [0.05, 0.1) is 12.2 Å². The van der Waals surface area contributed by atoms with Crippen molar-refractivity contribution in [3.8, 4) is 0 Å². The number of carboxylic acids is 1. The lowest BCUT2D eigenvalue weighted by molar-refractivity contribution is -0.138. The SMILES string of the molecule is CC(CS(C)(=O)=O)NC(=O)NC(C)(C)CC(=O)O. The lowest BCUT2D eigenvalue weighted by Crippen LogP contribution is -2.52. The predicted octanol–water partition coefficient (Wildman–Crippen LogP) is -0.0280. The highest BCUT2D eigenvalue weighted by Gasteiger charge is 2.24. The zero-order valence-electron chi connectivity index (χ0n) is 11.0. The van der Waals surface area contributed by atoms with Crippen LogP contribution >= 0.6 is 0 Å². The maximum Gasteiger partial charge on any atom is 0.315 e. The Balaban J connectivity index is 4.31. The Bertz CT molecular complexity index is 416. The maximum absolute atomic E-state index is 11.5. The molecule has 2 amide bonds. The van der Waals surface area contributed by atoms with Crippen molar-refractivity contribution in [3.63, 3.8) is 0 Å². The second-order valence-corrected chi connectivity index (χ2v) is 7.23. The highest BCUT2D eigenvalue weighted by Crippen LogP contribution is 2.07. The van der Waals surface area contributed by atoms with Crippen molar-refractivity contribution < 1.29 is 23.1 Å². The van der Waals surface area contributed by atoms with Crippen LogP contribution in [0.5, 0.6) is 0 Å². The van der Waals surface area contributed by atoms with Gasteiger partial charge in [-0.2, -0.15) is 0 Å². The third-order valence-electron chi connectivity index (χ3n) is 1.98. The molecule has 0 saturated carbocycles. The van der Waals surface area contributed by atoms with Crippen LogP contribution in [0, 0.1) is 0 Å². The fourth-order valence-electron chi connectivity index (χ4n) is 1.49. The Morgan fingerprint density at radius 1 is 1.33 bits per heavy atom. The molecule has 0 heterocycles. The molecule has 0 aromatic rings. The Kier molecular flexibility index (Phi) is 5.59. The van der Waals surface area contributed by atoms with Gasteiger partial charge in [0, 0.05) is 17.8 Å². The highest BCUT2D eigenvalue weighted by atomic mass is 32.2. The number of nitrogens with one attached hydrogen (secondary N) is 2. The monoisotopic (exact) mass is 280 g/mol. The zero-order chi connectivity index (χ0) is 14.6. The summed E-state index contributed by atoms with van der Waals surface area (Å²) in [4.78, 5) is 22.1. The first-order valence-corrected chi connectivity index (χ1v) is 7.45. The number of aliphatic carboxylic acids is 1. The van der Waals surface area contributed by atoms with Crippen molar-refractivity contribution in [1.29, 1.82) is 0 Å². The summed E-state index contributed by atoms with van der Waals surface area (Å²) in [6, 6.07) is -1.13. The number of urea groups is 1. The van der Waals surface area contributed by atoms with Crippen molar-refractivity contribution >= 4 is 21.8 Å². The van der Waals surface area contributed by atoms with Crippen molar-refractivity contribution in [2.24, 2.45) is 0 Å². The first kappa shape index (κ1) is 16.7. The highest BCUT2D eigenvalue weighted by molar-refractivity contribution is 7.90. The zero-order valence-corrected chi connectivity index (χ0v) is 11.8. The largest absolute Gasteiger partial charge is 0.481 e. The minimum Gasteiger partial charge on any atom is -0.481 e.